The molecular formula is C7H19AlO2Si. The van der Waals surface area contributed by atoms with Crippen LogP contribution in [0.2, 0.25) is 10.6 Å². The molecule has 1 N–H and O–H groups in total. The first-order valence-corrected chi connectivity index (χ1v) is 7.34. The van der Waals surface area contributed by atoms with Gasteiger partial charge in [0.05, 0.1) is 0 Å². The highest BCUT2D eigenvalue weighted by Gasteiger charge is 2.19. The van der Waals surface area contributed by atoms with Gasteiger partial charge in [0, 0.05) is 6.61 Å². The molecule has 1 atom stereocenters. The Morgan fingerprint density at radius 2 is 2.18 bits per heavy atom. The highest BCUT2D eigenvalue weighted by atomic mass is 28.2. The van der Waals surface area contributed by atoms with Crippen molar-refractivity contribution >= 4 is 25.0 Å². The zero-order valence-electron chi connectivity index (χ0n) is 7.84. The highest BCUT2D eigenvalue weighted by Crippen LogP contribution is 2.13. The van der Waals surface area contributed by atoms with Crippen LogP contribution in [0, 0.1) is 5.92 Å². The molecule has 4 heteroatoms. The van der Waals surface area contributed by atoms with Crippen molar-refractivity contribution in [2.45, 2.75) is 30.8 Å². The molecule has 0 fully saturated rings. The van der Waals surface area contributed by atoms with Gasteiger partial charge in [-0.05, 0) is 5.92 Å². The molecule has 0 saturated heterocycles. The van der Waals surface area contributed by atoms with Crippen molar-refractivity contribution in [1.82, 2.24) is 0 Å². The fourth-order valence-electron chi connectivity index (χ4n) is 1.17. The van der Waals surface area contributed by atoms with Crippen molar-refractivity contribution in [1.29, 1.82) is 0 Å². The molecule has 0 radical (unpaired) electrons. The Balaban J connectivity index is 3.58. The number of aliphatic hydroxyl groups is 1. The van der Waals surface area contributed by atoms with Gasteiger partial charge in [0.1, 0.15) is 10.5 Å². The number of rotatable bonds is 6. The minimum Gasteiger partial charge on any atom is -0.552 e. The fraction of sp³-hybridized carbons (Fsp3) is 1.00. The molecular weight excluding hydrogens is 171 g/mol. The second kappa shape index (κ2) is 7.33. The van der Waals surface area contributed by atoms with Gasteiger partial charge >= 0.3 is 14.5 Å². The molecule has 1 unspecified atom stereocenters. The Kier molecular flexibility index (Phi) is 7.77. The lowest BCUT2D eigenvalue weighted by Crippen LogP contribution is -2.21. The standard InChI is InChI=1S/C5H11O.C2H5.Al.H3OSi/c1-3-5(2)4-6;1-2;;1-2/h5-6H,2-4H2,1H3;1H2,2H3;;2H3/q;;+1;-1. The largest absolute Gasteiger partial charge is 0.552 e. The lowest BCUT2D eigenvalue weighted by atomic mass is 10.1. The maximum atomic E-state index is 8.94. The molecule has 11 heavy (non-hydrogen) atoms. The van der Waals surface area contributed by atoms with Gasteiger partial charge in [0.15, 0.2) is 0 Å². The van der Waals surface area contributed by atoms with Gasteiger partial charge in [-0.2, -0.15) is 0 Å². The molecule has 0 aliphatic rings. The van der Waals surface area contributed by atoms with Gasteiger partial charge in [0.2, 0.25) is 0 Å². The van der Waals surface area contributed by atoms with E-state index < -0.39 is 14.5 Å². The summed E-state index contributed by atoms with van der Waals surface area (Å²) in [5.74, 6) is 0.501. The number of aliphatic hydroxyl groups excluding tert-OH is 1. The Labute approximate surface area is 77.2 Å². The quantitative estimate of drug-likeness (QED) is 0.611. The molecule has 0 aromatic carbocycles. The van der Waals surface area contributed by atoms with E-state index in [4.69, 9.17) is 8.58 Å². The zero-order chi connectivity index (χ0) is 8.69. The van der Waals surface area contributed by atoms with Crippen molar-refractivity contribution < 1.29 is 8.58 Å². The third-order valence-corrected chi connectivity index (χ3v) is 6.99. The second-order valence-electron chi connectivity index (χ2n) is 2.96. The molecule has 0 saturated carbocycles. The minimum atomic E-state index is -0.884. The molecule has 0 amide bonds. The smallest absolute Gasteiger partial charge is 0.449 e. The van der Waals surface area contributed by atoms with E-state index in [1.165, 1.54) is 5.28 Å². The van der Waals surface area contributed by atoms with Gasteiger partial charge in [-0.25, -0.2) is 0 Å². The van der Waals surface area contributed by atoms with E-state index in [0.29, 0.717) is 12.5 Å². The van der Waals surface area contributed by atoms with Crippen LogP contribution < -0.4 is 0 Å². The summed E-state index contributed by atoms with van der Waals surface area (Å²) in [7, 11) is 0.873. The Bertz CT molecular complexity index is 74.5. The minimum absolute atomic E-state index is 0.338. The van der Waals surface area contributed by atoms with E-state index in [9.17, 15) is 0 Å². The van der Waals surface area contributed by atoms with E-state index in [-0.39, 0.29) is 0 Å². The molecule has 0 rings (SSSR count). The lowest BCUT2D eigenvalue weighted by Gasteiger charge is -2.14. The van der Waals surface area contributed by atoms with Crippen molar-refractivity contribution in [3.8, 4) is 0 Å². The maximum absolute atomic E-state index is 8.94. The molecule has 0 aliphatic heterocycles. The Morgan fingerprint density at radius 3 is 2.45 bits per heavy atom. The van der Waals surface area contributed by atoms with Crippen molar-refractivity contribution in [3.05, 3.63) is 0 Å². The molecule has 66 valence electrons. The predicted molar refractivity (Wildman–Crippen MR) is 52.9 cm³/mol. The van der Waals surface area contributed by atoms with Crippen LogP contribution in [-0.4, -0.2) is 36.7 Å². The van der Waals surface area contributed by atoms with E-state index in [0.717, 1.165) is 22.2 Å². The summed E-state index contributed by atoms with van der Waals surface area (Å²) in [4.78, 5) is 0. The van der Waals surface area contributed by atoms with E-state index >= 15 is 0 Å². The third kappa shape index (κ3) is 5.00. The summed E-state index contributed by atoms with van der Waals surface area (Å²) in [5.41, 5.74) is 0. The van der Waals surface area contributed by atoms with Crippen molar-refractivity contribution in [3.63, 3.8) is 0 Å². The first-order valence-electron chi connectivity index (χ1n) is 4.42. The Morgan fingerprint density at radius 1 is 1.55 bits per heavy atom. The molecule has 0 spiro atoms. The molecule has 0 bridgehead atoms. The van der Waals surface area contributed by atoms with E-state index in [1.54, 1.807) is 0 Å². The highest BCUT2D eigenvalue weighted by molar-refractivity contribution is 6.55. The zero-order valence-corrected chi connectivity index (χ0v) is 11.0. The van der Waals surface area contributed by atoms with Gasteiger partial charge in [-0.15, -0.1) is 0 Å². The average Bonchev–Trinajstić information content (AvgIpc) is 2.07. The molecule has 2 nitrogen and oxygen atoms in total. The summed E-state index contributed by atoms with van der Waals surface area (Å²) in [6.45, 7) is 4.67. The third-order valence-electron chi connectivity index (χ3n) is 2.22. The van der Waals surface area contributed by atoms with Crippen LogP contribution in [0.4, 0.5) is 0 Å². The summed E-state index contributed by atoms with van der Waals surface area (Å²) in [6.07, 6.45) is 1.09. The van der Waals surface area contributed by atoms with Crippen LogP contribution >= 0.6 is 0 Å². The number of hydrogen-bond donors (Lipinski definition) is 1. The Hall–Kier alpha value is 0.669. The monoisotopic (exact) mass is 190 g/mol. The van der Waals surface area contributed by atoms with Crippen LogP contribution in [0.3, 0.4) is 0 Å². The van der Waals surface area contributed by atoms with Crippen LogP contribution in [0.1, 0.15) is 20.3 Å². The average molecular weight is 190 g/mol. The lowest BCUT2D eigenvalue weighted by molar-refractivity contribution is 0.231. The molecule has 0 heterocycles. The first-order chi connectivity index (χ1) is 5.28. The summed E-state index contributed by atoms with van der Waals surface area (Å²) in [5, 5.41) is 11.3. The van der Waals surface area contributed by atoms with Crippen molar-refractivity contribution in [2.75, 3.05) is 6.61 Å². The maximum Gasteiger partial charge on any atom is 0.449 e. The summed E-state index contributed by atoms with van der Waals surface area (Å²) < 4.78 is 5.50. The van der Waals surface area contributed by atoms with Gasteiger partial charge in [-0.3, -0.25) is 0 Å². The van der Waals surface area contributed by atoms with Crippen molar-refractivity contribution in [2.24, 2.45) is 5.92 Å². The van der Waals surface area contributed by atoms with E-state index in [1.807, 2.05) is 0 Å². The first kappa shape index (κ1) is 11.7. The topological polar surface area (TPSA) is 29.5 Å². The molecule has 0 aliphatic carbocycles. The van der Waals surface area contributed by atoms with Gasteiger partial charge < -0.3 is 8.58 Å². The predicted octanol–water partition coefficient (Wildman–Crippen LogP) is 0.313. The SMILES string of the molecule is CCC(CO)[CH2][Al]([CH2]C)[O][SiH3]. The number of hydrogen-bond acceptors (Lipinski definition) is 2. The molecule has 0 aromatic rings. The fourth-order valence-corrected chi connectivity index (χ4v) is 4.83. The van der Waals surface area contributed by atoms with E-state index in [2.05, 4.69) is 13.8 Å². The van der Waals surface area contributed by atoms with Gasteiger partial charge in [0.25, 0.3) is 0 Å². The van der Waals surface area contributed by atoms with Crippen LogP contribution in [-0.2, 0) is 3.48 Å². The normalized spacial score (nSPS) is 13.4. The summed E-state index contributed by atoms with van der Waals surface area (Å²) >= 11 is -0.884. The second-order valence-corrected chi connectivity index (χ2v) is 7.38. The van der Waals surface area contributed by atoms with Gasteiger partial charge in [-0.1, -0.05) is 30.8 Å². The van der Waals surface area contributed by atoms with Crippen LogP contribution in [0.15, 0.2) is 0 Å². The summed E-state index contributed by atoms with van der Waals surface area (Å²) in [6, 6.07) is 0. The van der Waals surface area contributed by atoms with Crippen LogP contribution in [0.25, 0.3) is 0 Å². The molecule has 0 aromatic heterocycles. The van der Waals surface area contributed by atoms with Crippen LogP contribution in [0.5, 0.6) is 0 Å².